The van der Waals surface area contributed by atoms with E-state index >= 15 is 0 Å². The van der Waals surface area contributed by atoms with Crippen LogP contribution in [0.2, 0.25) is 0 Å². The minimum absolute atomic E-state index is 0.854. The van der Waals surface area contributed by atoms with Crippen LogP contribution >= 0.6 is 0 Å². The molecule has 0 aromatic carbocycles. The van der Waals surface area contributed by atoms with Gasteiger partial charge in [0.05, 0.1) is 0 Å². The van der Waals surface area contributed by atoms with Crippen molar-refractivity contribution in [3.63, 3.8) is 0 Å². The monoisotopic (exact) mass is 128 g/mol. The third-order valence-electron chi connectivity index (χ3n) is 1.97. The minimum Gasteiger partial charge on any atom is -0.330 e. The largest absolute Gasteiger partial charge is 0.330 e. The summed E-state index contributed by atoms with van der Waals surface area (Å²) in [6.07, 6.45) is 3.92. The lowest BCUT2D eigenvalue weighted by Crippen LogP contribution is -2.30. The summed E-state index contributed by atoms with van der Waals surface area (Å²) < 4.78 is 0. The molecule has 1 aliphatic rings. The molecule has 1 atom stereocenters. The van der Waals surface area contributed by atoms with E-state index in [0.29, 0.717) is 0 Å². The molecule has 2 heteroatoms. The van der Waals surface area contributed by atoms with Gasteiger partial charge in [-0.15, -0.1) is 0 Å². The van der Waals surface area contributed by atoms with Gasteiger partial charge in [-0.2, -0.15) is 0 Å². The fourth-order valence-electron chi connectivity index (χ4n) is 1.41. The molecule has 0 spiro atoms. The Morgan fingerprint density at radius 3 is 3.00 bits per heavy atom. The van der Waals surface area contributed by atoms with Gasteiger partial charge in [0, 0.05) is 0 Å². The van der Waals surface area contributed by atoms with Gasteiger partial charge in [0.2, 0.25) is 0 Å². The maximum Gasteiger partial charge on any atom is -0.00200 e. The van der Waals surface area contributed by atoms with E-state index < -0.39 is 0 Å². The Morgan fingerprint density at radius 2 is 2.44 bits per heavy atom. The van der Waals surface area contributed by atoms with E-state index in [1.54, 1.807) is 0 Å². The molecule has 0 aromatic heterocycles. The van der Waals surface area contributed by atoms with Gasteiger partial charge in [0.25, 0.3) is 0 Å². The SMILES string of the molecule is NCCC1CCCNC1. The molecule has 1 rings (SSSR count). The summed E-state index contributed by atoms with van der Waals surface area (Å²) in [5, 5.41) is 3.36. The van der Waals surface area contributed by atoms with Crippen molar-refractivity contribution in [2.24, 2.45) is 11.7 Å². The normalized spacial score (nSPS) is 28.3. The molecular weight excluding hydrogens is 112 g/mol. The lowest BCUT2D eigenvalue weighted by atomic mass is 9.96. The second-order valence-electron chi connectivity index (χ2n) is 2.79. The molecule has 54 valence electrons. The molecule has 2 nitrogen and oxygen atoms in total. The summed E-state index contributed by atoms with van der Waals surface area (Å²) in [6.45, 7) is 3.25. The zero-order valence-corrected chi connectivity index (χ0v) is 5.90. The van der Waals surface area contributed by atoms with Crippen LogP contribution in [0.3, 0.4) is 0 Å². The third kappa shape index (κ3) is 2.33. The third-order valence-corrected chi connectivity index (χ3v) is 1.97. The fraction of sp³-hybridized carbons (Fsp3) is 1.00. The maximum absolute atomic E-state index is 5.43. The topological polar surface area (TPSA) is 38.0 Å². The average molecular weight is 128 g/mol. The number of nitrogens with one attached hydrogen (secondary N) is 1. The van der Waals surface area contributed by atoms with Gasteiger partial charge >= 0.3 is 0 Å². The van der Waals surface area contributed by atoms with Gasteiger partial charge in [-0.3, -0.25) is 0 Å². The zero-order valence-electron chi connectivity index (χ0n) is 5.90. The van der Waals surface area contributed by atoms with E-state index in [9.17, 15) is 0 Å². The predicted molar refractivity (Wildman–Crippen MR) is 39.3 cm³/mol. The first-order chi connectivity index (χ1) is 4.43. The fourth-order valence-corrected chi connectivity index (χ4v) is 1.41. The minimum atomic E-state index is 0.854. The van der Waals surface area contributed by atoms with Gasteiger partial charge < -0.3 is 11.1 Å². The molecule has 1 fully saturated rings. The van der Waals surface area contributed by atoms with Crippen molar-refractivity contribution in [2.45, 2.75) is 19.3 Å². The van der Waals surface area contributed by atoms with Crippen LogP contribution in [-0.2, 0) is 0 Å². The summed E-state index contributed by atoms with van der Waals surface area (Å²) in [6, 6.07) is 0. The van der Waals surface area contributed by atoms with Gasteiger partial charge in [0.15, 0.2) is 0 Å². The lowest BCUT2D eigenvalue weighted by Gasteiger charge is -2.21. The van der Waals surface area contributed by atoms with Crippen LogP contribution in [0.5, 0.6) is 0 Å². The Bertz CT molecular complexity index is 64.6. The number of piperidine rings is 1. The number of hydrogen-bond donors (Lipinski definition) is 2. The summed E-state index contributed by atoms with van der Waals surface area (Å²) in [5.41, 5.74) is 5.43. The van der Waals surface area contributed by atoms with Gasteiger partial charge in [0.1, 0.15) is 0 Å². The van der Waals surface area contributed by atoms with Gasteiger partial charge in [-0.1, -0.05) is 0 Å². The standard InChI is InChI=1S/C7H16N2/c8-4-3-7-2-1-5-9-6-7/h7,9H,1-6,8H2. The van der Waals surface area contributed by atoms with Crippen LogP contribution in [0.25, 0.3) is 0 Å². The van der Waals surface area contributed by atoms with Crippen LogP contribution in [0, 0.1) is 5.92 Å². The molecule has 0 saturated carbocycles. The Morgan fingerprint density at radius 1 is 1.56 bits per heavy atom. The predicted octanol–water partition coefficient (Wildman–Crippen LogP) is 0.335. The summed E-state index contributed by atoms with van der Waals surface area (Å²) >= 11 is 0. The van der Waals surface area contributed by atoms with Gasteiger partial charge in [-0.05, 0) is 44.8 Å². The van der Waals surface area contributed by atoms with E-state index in [1.807, 2.05) is 0 Å². The lowest BCUT2D eigenvalue weighted by molar-refractivity contribution is 0.362. The molecule has 0 aromatic rings. The summed E-state index contributed by atoms with van der Waals surface area (Å²) in [5.74, 6) is 0.865. The highest BCUT2D eigenvalue weighted by Gasteiger charge is 2.10. The zero-order chi connectivity index (χ0) is 6.53. The summed E-state index contributed by atoms with van der Waals surface area (Å²) in [7, 11) is 0. The molecule has 0 bridgehead atoms. The number of nitrogens with two attached hydrogens (primary N) is 1. The van der Waals surface area contributed by atoms with Crippen LogP contribution in [0.1, 0.15) is 19.3 Å². The Hall–Kier alpha value is -0.0800. The van der Waals surface area contributed by atoms with E-state index in [1.165, 1.54) is 32.4 Å². The van der Waals surface area contributed by atoms with Crippen molar-refractivity contribution in [1.82, 2.24) is 5.32 Å². The number of rotatable bonds is 2. The first-order valence-corrected chi connectivity index (χ1v) is 3.84. The Labute approximate surface area is 56.8 Å². The highest BCUT2D eigenvalue weighted by Crippen LogP contribution is 2.11. The molecule has 0 aliphatic carbocycles. The van der Waals surface area contributed by atoms with Crippen molar-refractivity contribution >= 4 is 0 Å². The quantitative estimate of drug-likeness (QED) is 0.562. The highest BCUT2D eigenvalue weighted by molar-refractivity contribution is 4.68. The highest BCUT2D eigenvalue weighted by atomic mass is 14.9. The van der Waals surface area contributed by atoms with Crippen LogP contribution in [0.4, 0.5) is 0 Å². The van der Waals surface area contributed by atoms with E-state index in [-0.39, 0.29) is 0 Å². The van der Waals surface area contributed by atoms with Crippen molar-refractivity contribution in [3.8, 4) is 0 Å². The first kappa shape index (κ1) is 7.03. The van der Waals surface area contributed by atoms with E-state index in [4.69, 9.17) is 5.73 Å². The molecule has 0 amide bonds. The van der Waals surface area contributed by atoms with Crippen LogP contribution in [-0.4, -0.2) is 19.6 Å². The number of hydrogen-bond acceptors (Lipinski definition) is 2. The Balaban J connectivity index is 2.08. The Kier molecular flexibility index (Phi) is 3.01. The van der Waals surface area contributed by atoms with Crippen molar-refractivity contribution < 1.29 is 0 Å². The second-order valence-corrected chi connectivity index (χ2v) is 2.79. The van der Waals surface area contributed by atoms with Crippen molar-refractivity contribution in [3.05, 3.63) is 0 Å². The first-order valence-electron chi connectivity index (χ1n) is 3.84. The molecular formula is C7H16N2. The molecule has 1 saturated heterocycles. The van der Waals surface area contributed by atoms with Crippen molar-refractivity contribution in [1.29, 1.82) is 0 Å². The molecule has 1 heterocycles. The maximum atomic E-state index is 5.43. The smallest absolute Gasteiger partial charge is 0.00200 e. The van der Waals surface area contributed by atoms with Crippen LogP contribution < -0.4 is 11.1 Å². The molecule has 9 heavy (non-hydrogen) atoms. The molecule has 1 aliphatic heterocycles. The summed E-state index contributed by atoms with van der Waals surface area (Å²) in [4.78, 5) is 0. The van der Waals surface area contributed by atoms with Crippen molar-refractivity contribution in [2.75, 3.05) is 19.6 Å². The average Bonchev–Trinajstić information content (AvgIpc) is 1.91. The second kappa shape index (κ2) is 3.85. The molecule has 3 N–H and O–H groups in total. The molecule has 0 radical (unpaired) electrons. The molecule has 1 unspecified atom stereocenters. The van der Waals surface area contributed by atoms with Gasteiger partial charge in [-0.25, -0.2) is 0 Å². The van der Waals surface area contributed by atoms with Crippen LogP contribution in [0.15, 0.2) is 0 Å². The van der Waals surface area contributed by atoms with E-state index in [0.717, 1.165) is 12.5 Å². The van der Waals surface area contributed by atoms with E-state index in [2.05, 4.69) is 5.32 Å².